The highest BCUT2D eigenvalue weighted by Gasteiger charge is 2.04. The predicted molar refractivity (Wildman–Crippen MR) is 72.9 cm³/mol. The molecule has 0 unspecified atom stereocenters. The highest BCUT2D eigenvalue weighted by molar-refractivity contribution is 6.08. The molecule has 0 saturated heterocycles. The lowest BCUT2D eigenvalue weighted by atomic mass is 9.96. The van der Waals surface area contributed by atoms with Crippen molar-refractivity contribution in [1.82, 2.24) is 0 Å². The summed E-state index contributed by atoms with van der Waals surface area (Å²) in [5.41, 5.74) is 3.78. The van der Waals surface area contributed by atoms with E-state index in [1.165, 1.54) is 21.9 Å². The number of allylic oxidation sites excluding steroid dienone is 1. The number of benzene rings is 2. The van der Waals surface area contributed by atoms with Crippen LogP contribution in [0, 0.1) is 0 Å². The van der Waals surface area contributed by atoms with Crippen LogP contribution in [0.3, 0.4) is 0 Å². The maximum Gasteiger partial charge on any atom is 0.0225 e. The molecule has 0 N–H and O–H groups in total. The van der Waals surface area contributed by atoms with Gasteiger partial charge in [-0.25, -0.2) is 0 Å². The van der Waals surface area contributed by atoms with Crippen LogP contribution in [0.4, 0.5) is 0 Å². The molecular formula is C15H15Si. The van der Waals surface area contributed by atoms with E-state index >= 15 is 0 Å². The summed E-state index contributed by atoms with van der Waals surface area (Å²) in [7, 11) is 3.55. The van der Waals surface area contributed by atoms with E-state index in [-0.39, 0.29) is 0 Å². The third-order valence-electron chi connectivity index (χ3n) is 2.87. The van der Waals surface area contributed by atoms with E-state index in [0.717, 1.165) is 18.0 Å². The summed E-state index contributed by atoms with van der Waals surface area (Å²) < 4.78 is 0. The lowest BCUT2D eigenvalue weighted by Crippen LogP contribution is -1.89. The van der Waals surface area contributed by atoms with Crippen LogP contribution >= 0.6 is 0 Å². The van der Waals surface area contributed by atoms with Crippen molar-refractivity contribution >= 4 is 26.6 Å². The molecule has 0 aliphatic rings. The van der Waals surface area contributed by atoms with E-state index in [1.54, 1.807) is 0 Å². The largest absolute Gasteiger partial charge is 0.0955 e. The summed E-state index contributed by atoms with van der Waals surface area (Å²) >= 11 is 0. The third kappa shape index (κ3) is 1.96. The summed E-state index contributed by atoms with van der Waals surface area (Å²) in [5, 5.41) is 2.66. The smallest absolute Gasteiger partial charge is 0.0225 e. The summed E-state index contributed by atoms with van der Waals surface area (Å²) in [6.07, 6.45) is 1.06. The molecule has 0 aliphatic heterocycles. The van der Waals surface area contributed by atoms with Crippen molar-refractivity contribution in [3.63, 3.8) is 0 Å². The van der Waals surface area contributed by atoms with Crippen LogP contribution in [0.25, 0.3) is 16.3 Å². The fourth-order valence-electron chi connectivity index (χ4n) is 2.10. The summed E-state index contributed by atoms with van der Waals surface area (Å²) in [5.74, 6) is 0. The Kier molecular flexibility index (Phi) is 3.25. The van der Waals surface area contributed by atoms with E-state index in [9.17, 15) is 0 Å². The van der Waals surface area contributed by atoms with Crippen molar-refractivity contribution in [1.29, 1.82) is 0 Å². The zero-order valence-electron chi connectivity index (χ0n) is 9.59. The Morgan fingerprint density at radius 3 is 2.50 bits per heavy atom. The van der Waals surface area contributed by atoms with Gasteiger partial charge in [-0.15, -0.1) is 0 Å². The lowest BCUT2D eigenvalue weighted by molar-refractivity contribution is 1.15. The second-order valence-electron chi connectivity index (χ2n) is 4.10. The number of rotatable bonds is 3. The molecule has 0 bridgehead atoms. The lowest BCUT2D eigenvalue weighted by Gasteiger charge is -2.09. The minimum Gasteiger partial charge on any atom is -0.0955 e. The van der Waals surface area contributed by atoms with Gasteiger partial charge in [0.1, 0.15) is 0 Å². The number of hydrogen-bond acceptors (Lipinski definition) is 0. The van der Waals surface area contributed by atoms with E-state index in [2.05, 4.69) is 60.1 Å². The minimum atomic E-state index is 0.996. The van der Waals surface area contributed by atoms with E-state index in [1.807, 2.05) is 0 Å². The number of hydrogen-bond donors (Lipinski definition) is 0. The standard InChI is InChI=1S/C15H15Si/c1-11(2)13-6-4-7-14-12(9-10-16)5-3-8-15(13)14/h3-8H,1,9-10H2,2H3. The Morgan fingerprint density at radius 1 is 1.12 bits per heavy atom. The zero-order valence-corrected chi connectivity index (χ0v) is 10.6. The fraction of sp³-hybridized carbons (Fsp3) is 0.200. The molecule has 0 atom stereocenters. The molecule has 0 aliphatic carbocycles. The van der Waals surface area contributed by atoms with Gasteiger partial charge in [0.2, 0.25) is 0 Å². The van der Waals surface area contributed by atoms with E-state index in [0.29, 0.717) is 0 Å². The number of aryl methyl sites for hydroxylation is 1. The Bertz CT molecular complexity index is 526. The normalized spacial score (nSPS) is 10.6. The first-order valence-electron chi connectivity index (χ1n) is 5.55. The van der Waals surface area contributed by atoms with Gasteiger partial charge in [-0.2, -0.15) is 0 Å². The third-order valence-corrected chi connectivity index (χ3v) is 3.12. The van der Waals surface area contributed by atoms with E-state index in [4.69, 9.17) is 0 Å². The summed E-state index contributed by atoms with van der Waals surface area (Å²) in [4.78, 5) is 0. The fourth-order valence-corrected chi connectivity index (χ4v) is 2.37. The van der Waals surface area contributed by atoms with Crippen LogP contribution in [0.5, 0.6) is 0 Å². The van der Waals surface area contributed by atoms with Crippen molar-refractivity contribution in [2.45, 2.75) is 19.4 Å². The van der Waals surface area contributed by atoms with E-state index < -0.39 is 0 Å². The molecule has 2 aromatic carbocycles. The Hall–Kier alpha value is -1.34. The van der Waals surface area contributed by atoms with Gasteiger partial charge >= 0.3 is 0 Å². The van der Waals surface area contributed by atoms with Crippen LogP contribution in [0.1, 0.15) is 18.1 Å². The van der Waals surface area contributed by atoms with Crippen molar-refractivity contribution in [3.05, 3.63) is 54.1 Å². The highest BCUT2D eigenvalue weighted by atomic mass is 28.1. The molecule has 0 nitrogen and oxygen atoms in total. The van der Waals surface area contributed by atoms with Gasteiger partial charge in [0, 0.05) is 10.2 Å². The maximum atomic E-state index is 4.04. The predicted octanol–water partition coefficient (Wildman–Crippen LogP) is 4.00. The molecule has 2 aromatic rings. The molecule has 2 rings (SSSR count). The summed E-state index contributed by atoms with van der Waals surface area (Å²) in [6.45, 7) is 6.10. The SMILES string of the molecule is C=C(C)c1cccc2c(CC[Si])cccc12. The number of fused-ring (bicyclic) bond motifs is 1. The van der Waals surface area contributed by atoms with Crippen molar-refractivity contribution in [2.75, 3.05) is 0 Å². The molecule has 0 spiro atoms. The Balaban J connectivity index is 2.71. The van der Waals surface area contributed by atoms with Gasteiger partial charge in [-0.05, 0) is 35.2 Å². The molecular weight excluding hydrogens is 208 g/mol. The first-order valence-corrected chi connectivity index (χ1v) is 6.26. The second-order valence-corrected chi connectivity index (χ2v) is 4.60. The maximum absolute atomic E-state index is 4.04. The van der Waals surface area contributed by atoms with Gasteiger partial charge < -0.3 is 0 Å². The molecule has 79 valence electrons. The van der Waals surface area contributed by atoms with Crippen molar-refractivity contribution in [2.24, 2.45) is 0 Å². The van der Waals surface area contributed by atoms with Gasteiger partial charge in [-0.1, -0.05) is 54.6 Å². The van der Waals surface area contributed by atoms with Crippen LogP contribution in [0.2, 0.25) is 6.04 Å². The quantitative estimate of drug-likeness (QED) is 0.690. The van der Waals surface area contributed by atoms with Gasteiger partial charge in [-0.3, -0.25) is 0 Å². The molecule has 0 saturated carbocycles. The topological polar surface area (TPSA) is 0 Å². The monoisotopic (exact) mass is 223 g/mol. The van der Waals surface area contributed by atoms with Crippen LogP contribution in [-0.4, -0.2) is 10.2 Å². The van der Waals surface area contributed by atoms with Crippen LogP contribution in [-0.2, 0) is 6.42 Å². The Labute approximate surface area is 100 Å². The average molecular weight is 223 g/mol. The molecule has 16 heavy (non-hydrogen) atoms. The van der Waals surface area contributed by atoms with Crippen LogP contribution < -0.4 is 0 Å². The van der Waals surface area contributed by atoms with Crippen molar-refractivity contribution < 1.29 is 0 Å². The zero-order chi connectivity index (χ0) is 11.5. The Morgan fingerprint density at radius 2 is 1.81 bits per heavy atom. The molecule has 1 heteroatoms. The highest BCUT2D eigenvalue weighted by Crippen LogP contribution is 2.27. The average Bonchev–Trinajstić information content (AvgIpc) is 2.29. The minimum absolute atomic E-state index is 0.996. The van der Waals surface area contributed by atoms with Gasteiger partial charge in [0.05, 0.1) is 0 Å². The molecule has 3 radical (unpaired) electrons. The second kappa shape index (κ2) is 4.66. The van der Waals surface area contributed by atoms with Crippen LogP contribution in [0.15, 0.2) is 43.0 Å². The first kappa shape index (κ1) is 11.2. The van der Waals surface area contributed by atoms with Gasteiger partial charge in [0.15, 0.2) is 0 Å². The summed E-state index contributed by atoms with van der Waals surface area (Å²) in [6, 6.07) is 14.0. The van der Waals surface area contributed by atoms with Crippen molar-refractivity contribution in [3.8, 4) is 0 Å². The molecule has 0 fully saturated rings. The first-order chi connectivity index (χ1) is 7.74. The molecule has 0 aromatic heterocycles. The van der Waals surface area contributed by atoms with Gasteiger partial charge in [0.25, 0.3) is 0 Å². The molecule has 0 heterocycles. The molecule has 0 amide bonds.